The van der Waals surface area contributed by atoms with E-state index in [0.717, 1.165) is 45.1 Å². The van der Waals surface area contributed by atoms with Crippen molar-refractivity contribution in [3.8, 4) is 0 Å². The second-order valence-corrected chi connectivity index (χ2v) is 6.40. The van der Waals surface area contributed by atoms with Crippen LogP contribution in [0.5, 0.6) is 0 Å². The second kappa shape index (κ2) is 8.40. The number of rotatable bonds is 9. The third kappa shape index (κ3) is 5.01. The van der Waals surface area contributed by atoms with Crippen molar-refractivity contribution in [3.63, 3.8) is 0 Å². The maximum absolute atomic E-state index is 12.1. The lowest BCUT2D eigenvalue weighted by atomic mass is 10.1. The highest BCUT2D eigenvalue weighted by atomic mass is 16.5. The molecule has 0 aromatic heterocycles. The topological polar surface area (TPSA) is 46.6 Å². The van der Waals surface area contributed by atoms with E-state index in [1.54, 1.807) is 4.90 Å². The summed E-state index contributed by atoms with van der Waals surface area (Å²) >= 11 is 0. The number of unbranched alkanes of at least 4 members (excludes halogenated alkanes) is 5. The molecule has 0 aromatic carbocycles. The first-order valence-electron chi connectivity index (χ1n) is 8.71. The Morgan fingerprint density at radius 2 is 1.76 bits per heavy atom. The SMILES string of the molecule is CCCCCCCCOC(=O)C1CCCN1C(=O)C1CC1. The van der Waals surface area contributed by atoms with Crippen molar-refractivity contribution in [2.24, 2.45) is 5.92 Å². The van der Waals surface area contributed by atoms with Crippen LogP contribution in [-0.2, 0) is 14.3 Å². The molecule has 0 bridgehead atoms. The van der Waals surface area contributed by atoms with Crippen LogP contribution in [0.15, 0.2) is 0 Å². The van der Waals surface area contributed by atoms with E-state index in [-0.39, 0.29) is 23.8 Å². The van der Waals surface area contributed by atoms with Gasteiger partial charge in [0.05, 0.1) is 6.61 Å². The summed E-state index contributed by atoms with van der Waals surface area (Å²) in [5, 5.41) is 0. The van der Waals surface area contributed by atoms with Crippen molar-refractivity contribution in [2.45, 2.75) is 77.2 Å². The van der Waals surface area contributed by atoms with Gasteiger partial charge in [0, 0.05) is 12.5 Å². The molecule has 4 heteroatoms. The summed E-state index contributed by atoms with van der Waals surface area (Å²) < 4.78 is 5.38. The molecular formula is C17H29NO3. The molecule has 2 fully saturated rings. The number of hydrogen-bond donors (Lipinski definition) is 0. The maximum Gasteiger partial charge on any atom is 0.328 e. The molecule has 2 rings (SSSR count). The van der Waals surface area contributed by atoms with Crippen LogP contribution < -0.4 is 0 Å². The minimum Gasteiger partial charge on any atom is -0.464 e. The molecule has 21 heavy (non-hydrogen) atoms. The first-order chi connectivity index (χ1) is 10.2. The van der Waals surface area contributed by atoms with Crippen LogP contribution in [-0.4, -0.2) is 36.0 Å². The predicted molar refractivity (Wildman–Crippen MR) is 81.8 cm³/mol. The summed E-state index contributed by atoms with van der Waals surface area (Å²) in [6.45, 7) is 3.44. The predicted octanol–water partition coefficient (Wildman–Crippen LogP) is 3.29. The summed E-state index contributed by atoms with van der Waals surface area (Å²) in [6.07, 6.45) is 10.8. The number of nitrogens with zero attached hydrogens (tertiary/aromatic N) is 1. The van der Waals surface area contributed by atoms with Crippen molar-refractivity contribution in [2.75, 3.05) is 13.2 Å². The molecule has 1 atom stereocenters. The molecule has 0 spiro atoms. The largest absolute Gasteiger partial charge is 0.464 e. The fourth-order valence-electron chi connectivity index (χ4n) is 2.99. The highest BCUT2D eigenvalue weighted by molar-refractivity contribution is 5.87. The summed E-state index contributed by atoms with van der Waals surface area (Å²) in [7, 11) is 0. The van der Waals surface area contributed by atoms with Gasteiger partial charge in [0.25, 0.3) is 0 Å². The quantitative estimate of drug-likeness (QED) is 0.484. The molecule has 0 N–H and O–H groups in total. The zero-order valence-corrected chi connectivity index (χ0v) is 13.3. The Balaban J connectivity index is 1.62. The van der Waals surface area contributed by atoms with Crippen molar-refractivity contribution in [3.05, 3.63) is 0 Å². The fourth-order valence-corrected chi connectivity index (χ4v) is 2.99. The minimum atomic E-state index is -0.307. The van der Waals surface area contributed by atoms with Crippen molar-refractivity contribution in [1.82, 2.24) is 4.90 Å². The van der Waals surface area contributed by atoms with Crippen LogP contribution in [0.3, 0.4) is 0 Å². The van der Waals surface area contributed by atoms with Crippen molar-refractivity contribution < 1.29 is 14.3 Å². The number of ether oxygens (including phenoxy) is 1. The van der Waals surface area contributed by atoms with E-state index in [1.807, 2.05) is 0 Å². The van der Waals surface area contributed by atoms with Gasteiger partial charge in [-0.1, -0.05) is 39.0 Å². The average molecular weight is 295 g/mol. The van der Waals surface area contributed by atoms with E-state index >= 15 is 0 Å². The molecule has 1 aliphatic heterocycles. The number of likely N-dealkylation sites (tertiary alicyclic amines) is 1. The summed E-state index contributed by atoms with van der Waals surface area (Å²) in [4.78, 5) is 26.0. The first kappa shape index (κ1) is 16.3. The molecule has 4 nitrogen and oxygen atoms in total. The van der Waals surface area contributed by atoms with Gasteiger partial charge in [-0.05, 0) is 32.1 Å². The minimum absolute atomic E-state index is 0.175. The molecule has 0 radical (unpaired) electrons. The zero-order chi connectivity index (χ0) is 15.1. The molecule has 1 heterocycles. The van der Waals surface area contributed by atoms with Crippen LogP contribution in [0.2, 0.25) is 0 Å². The van der Waals surface area contributed by atoms with Gasteiger partial charge in [-0.2, -0.15) is 0 Å². The van der Waals surface area contributed by atoms with E-state index in [4.69, 9.17) is 4.74 Å². The molecule has 2 aliphatic rings. The monoisotopic (exact) mass is 295 g/mol. The number of hydrogen-bond acceptors (Lipinski definition) is 3. The van der Waals surface area contributed by atoms with Gasteiger partial charge in [-0.15, -0.1) is 0 Å². The van der Waals surface area contributed by atoms with Crippen LogP contribution in [0, 0.1) is 5.92 Å². The van der Waals surface area contributed by atoms with E-state index in [9.17, 15) is 9.59 Å². The van der Waals surface area contributed by atoms with Crippen LogP contribution in [0.4, 0.5) is 0 Å². The normalized spacial score (nSPS) is 21.6. The third-order valence-corrected chi connectivity index (χ3v) is 4.48. The first-order valence-corrected chi connectivity index (χ1v) is 8.71. The Kier molecular flexibility index (Phi) is 6.52. The van der Waals surface area contributed by atoms with E-state index in [1.165, 1.54) is 25.7 Å². The van der Waals surface area contributed by atoms with Gasteiger partial charge < -0.3 is 9.64 Å². The van der Waals surface area contributed by atoms with Crippen LogP contribution in [0.25, 0.3) is 0 Å². The Labute approximate surface area is 128 Å². The molecule has 1 saturated heterocycles. The van der Waals surface area contributed by atoms with Gasteiger partial charge in [-0.25, -0.2) is 4.79 Å². The maximum atomic E-state index is 12.1. The van der Waals surface area contributed by atoms with E-state index in [0.29, 0.717) is 6.61 Å². The van der Waals surface area contributed by atoms with Gasteiger partial charge in [0.15, 0.2) is 0 Å². The number of carbonyl (C=O) groups is 2. The molecule has 0 aromatic rings. The van der Waals surface area contributed by atoms with Crippen LogP contribution >= 0.6 is 0 Å². The second-order valence-electron chi connectivity index (χ2n) is 6.40. The zero-order valence-electron chi connectivity index (χ0n) is 13.3. The lowest BCUT2D eigenvalue weighted by Crippen LogP contribution is -2.42. The molecule has 1 amide bonds. The Morgan fingerprint density at radius 1 is 1.05 bits per heavy atom. The van der Waals surface area contributed by atoms with Crippen molar-refractivity contribution in [1.29, 1.82) is 0 Å². The van der Waals surface area contributed by atoms with E-state index in [2.05, 4.69) is 6.92 Å². The standard InChI is InChI=1S/C17H29NO3/c1-2-3-4-5-6-7-13-21-17(20)15-9-8-12-18(15)16(19)14-10-11-14/h14-15H,2-13H2,1H3. The van der Waals surface area contributed by atoms with Gasteiger partial charge in [0.1, 0.15) is 6.04 Å². The summed E-state index contributed by atoms with van der Waals surface area (Å²) in [6, 6.07) is -0.307. The highest BCUT2D eigenvalue weighted by Gasteiger charge is 2.41. The fraction of sp³-hybridized carbons (Fsp3) is 0.882. The Morgan fingerprint density at radius 3 is 2.48 bits per heavy atom. The highest BCUT2D eigenvalue weighted by Crippen LogP contribution is 2.33. The van der Waals surface area contributed by atoms with E-state index < -0.39 is 0 Å². The summed E-state index contributed by atoms with van der Waals surface area (Å²) in [5.41, 5.74) is 0. The van der Waals surface area contributed by atoms with Crippen molar-refractivity contribution >= 4 is 11.9 Å². The number of amides is 1. The number of esters is 1. The molecular weight excluding hydrogens is 266 g/mol. The number of carbonyl (C=O) groups excluding carboxylic acids is 2. The third-order valence-electron chi connectivity index (χ3n) is 4.48. The van der Waals surface area contributed by atoms with Crippen LogP contribution in [0.1, 0.15) is 71.1 Å². The van der Waals surface area contributed by atoms with Gasteiger partial charge >= 0.3 is 5.97 Å². The Hall–Kier alpha value is -1.06. The lowest BCUT2D eigenvalue weighted by molar-refractivity contribution is -0.153. The Bertz CT molecular complexity index is 352. The smallest absolute Gasteiger partial charge is 0.328 e. The summed E-state index contributed by atoms with van der Waals surface area (Å²) in [5.74, 6) is 0.182. The molecule has 1 saturated carbocycles. The molecule has 1 aliphatic carbocycles. The van der Waals surface area contributed by atoms with Gasteiger partial charge in [-0.3, -0.25) is 4.79 Å². The van der Waals surface area contributed by atoms with Gasteiger partial charge in [0.2, 0.25) is 5.91 Å². The average Bonchev–Trinajstić information content (AvgIpc) is 3.22. The molecule has 120 valence electrons. The molecule has 1 unspecified atom stereocenters. The lowest BCUT2D eigenvalue weighted by Gasteiger charge is -2.23.